The van der Waals surface area contributed by atoms with E-state index < -0.39 is 0 Å². The minimum atomic E-state index is -0.0198. The maximum atomic E-state index is 11.9. The van der Waals surface area contributed by atoms with Crippen molar-refractivity contribution in [3.63, 3.8) is 0 Å². The lowest BCUT2D eigenvalue weighted by atomic mass is 9.87. The summed E-state index contributed by atoms with van der Waals surface area (Å²) in [5.74, 6) is 1.52. The molecule has 0 spiro atoms. The number of carbonyl (C=O) groups is 1. The molecule has 4 nitrogen and oxygen atoms in total. The van der Waals surface area contributed by atoms with Gasteiger partial charge in [-0.3, -0.25) is 4.79 Å². The summed E-state index contributed by atoms with van der Waals surface area (Å²) < 4.78 is 5.58. The molecule has 1 amide bonds. The van der Waals surface area contributed by atoms with Crippen molar-refractivity contribution < 1.29 is 9.53 Å². The number of rotatable bonds is 6. The quantitative estimate of drug-likeness (QED) is 0.846. The summed E-state index contributed by atoms with van der Waals surface area (Å²) in [5, 5.41) is 6.17. The van der Waals surface area contributed by atoms with Gasteiger partial charge in [0.25, 0.3) is 5.91 Å². The molecular weight excluding hydrogens is 264 g/mol. The van der Waals surface area contributed by atoms with Crippen LogP contribution in [0.4, 0.5) is 0 Å². The monoisotopic (exact) mass is 290 g/mol. The largest absolute Gasteiger partial charge is 0.484 e. The highest BCUT2D eigenvalue weighted by molar-refractivity contribution is 5.77. The van der Waals surface area contributed by atoms with Gasteiger partial charge < -0.3 is 15.4 Å². The summed E-state index contributed by atoms with van der Waals surface area (Å²) in [6.45, 7) is 3.16. The second-order valence-corrected chi connectivity index (χ2v) is 5.99. The first kappa shape index (κ1) is 15.8. The van der Waals surface area contributed by atoms with Crippen LogP contribution in [0.25, 0.3) is 0 Å². The zero-order valence-electron chi connectivity index (χ0n) is 13.0. The molecule has 0 aliphatic heterocycles. The minimum absolute atomic E-state index is 0.0198. The smallest absolute Gasteiger partial charge is 0.258 e. The normalized spacial score (nSPS) is 21.8. The van der Waals surface area contributed by atoms with Gasteiger partial charge in [0.15, 0.2) is 6.61 Å². The summed E-state index contributed by atoms with van der Waals surface area (Å²) in [7, 11) is 1.91. The Bertz CT molecular complexity index is 454. The molecule has 0 bridgehead atoms. The van der Waals surface area contributed by atoms with Crippen molar-refractivity contribution in [2.75, 3.05) is 13.7 Å². The zero-order valence-corrected chi connectivity index (χ0v) is 13.0. The van der Waals surface area contributed by atoms with Gasteiger partial charge in [0.05, 0.1) is 0 Å². The number of hydrogen-bond donors (Lipinski definition) is 2. The van der Waals surface area contributed by atoms with Crippen molar-refractivity contribution in [1.82, 2.24) is 10.6 Å². The maximum absolute atomic E-state index is 11.9. The fourth-order valence-corrected chi connectivity index (χ4v) is 2.77. The topological polar surface area (TPSA) is 50.4 Å². The van der Waals surface area contributed by atoms with Crippen molar-refractivity contribution >= 4 is 5.91 Å². The van der Waals surface area contributed by atoms with E-state index in [1.807, 2.05) is 31.3 Å². The van der Waals surface area contributed by atoms with Gasteiger partial charge in [0.2, 0.25) is 0 Å². The van der Waals surface area contributed by atoms with Crippen molar-refractivity contribution in [2.24, 2.45) is 5.92 Å². The molecule has 4 heteroatoms. The molecule has 1 aliphatic carbocycles. The van der Waals surface area contributed by atoms with Gasteiger partial charge in [-0.1, -0.05) is 19.1 Å². The van der Waals surface area contributed by atoms with Gasteiger partial charge >= 0.3 is 0 Å². The third-order valence-corrected chi connectivity index (χ3v) is 4.03. The fourth-order valence-electron chi connectivity index (χ4n) is 2.77. The van der Waals surface area contributed by atoms with E-state index >= 15 is 0 Å². The van der Waals surface area contributed by atoms with Crippen molar-refractivity contribution in [1.29, 1.82) is 0 Å². The van der Waals surface area contributed by atoms with E-state index in [0.29, 0.717) is 6.04 Å². The summed E-state index contributed by atoms with van der Waals surface area (Å²) in [5.41, 5.74) is 1.15. The van der Waals surface area contributed by atoms with Crippen LogP contribution in [0.3, 0.4) is 0 Å². The van der Waals surface area contributed by atoms with Crippen LogP contribution in [0.2, 0.25) is 0 Å². The van der Waals surface area contributed by atoms with Gasteiger partial charge in [0, 0.05) is 12.6 Å². The van der Waals surface area contributed by atoms with Crippen LogP contribution in [0, 0.1) is 5.92 Å². The molecule has 1 aliphatic rings. The first-order valence-electron chi connectivity index (χ1n) is 7.83. The van der Waals surface area contributed by atoms with Crippen molar-refractivity contribution in [2.45, 2.75) is 45.2 Å². The lowest BCUT2D eigenvalue weighted by molar-refractivity contribution is -0.124. The number of hydrogen-bond acceptors (Lipinski definition) is 3. The van der Waals surface area contributed by atoms with E-state index in [0.717, 1.165) is 36.6 Å². The number of ether oxygens (including phenoxy) is 1. The average Bonchev–Trinajstić information content (AvgIpc) is 2.48. The third-order valence-electron chi connectivity index (χ3n) is 4.03. The second kappa shape index (κ2) is 8.03. The standard InChI is InChI=1S/C17H26N2O2/c1-13-6-8-15(9-7-13)19-17(20)12-21-16-5-3-4-14(10-16)11-18-2/h3-5,10,13,15,18H,6-9,11-12H2,1-2H3,(H,19,20). The molecule has 0 aromatic heterocycles. The predicted molar refractivity (Wildman–Crippen MR) is 84.3 cm³/mol. The van der Waals surface area contributed by atoms with Crippen molar-refractivity contribution in [3.8, 4) is 5.75 Å². The molecule has 21 heavy (non-hydrogen) atoms. The van der Waals surface area contributed by atoms with E-state index in [2.05, 4.69) is 17.6 Å². The molecule has 0 heterocycles. The molecule has 2 N–H and O–H groups in total. The predicted octanol–water partition coefficient (Wildman–Crippen LogP) is 2.48. The lowest BCUT2D eigenvalue weighted by Crippen LogP contribution is -2.39. The third kappa shape index (κ3) is 5.38. The molecule has 116 valence electrons. The summed E-state index contributed by atoms with van der Waals surface area (Å²) in [6, 6.07) is 8.16. The summed E-state index contributed by atoms with van der Waals surface area (Å²) in [4.78, 5) is 11.9. The van der Waals surface area contributed by atoms with Crippen LogP contribution >= 0.6 is 0 Å². The van der Waals surface area contributed by atoms with Crippen LogP contribution in [0.15, 0.2) is 24.3 Å². The SMILES string of the molecule is CNCc1cccc(OCC(=O)NC2CCC(C)CC2)c1. The first-order chi connectivity index (χ1) is 10.2. The van der Waals surface area contributed by atoms with Crippen LogP contribution < -0.4 is 15.4 Å². The van der Waals surface area contributed by atoms with Gasteiger partial charge in [-0.15, -0.1) is 0 Å². The molecule has 2 rings (SSSR count). The van der Waals surface area contributed by atoms with Crippen LogP contribution in [0.5, 0.6) is 5.75 Å². The van der Waals surface area contributed by atoms with Crippen molar-refractivity contribution in [3.05, 3.63) is 29.8 Å². The maximum Gasteiger partial charge on any atom is 0.258 e. The van der Waals surface area contributed by atoms with E-state index in [-0.39, 0.29) is 12.5 Å². The highest BCUT2D eigenvalue weighted by atomic mass is 16.5. The Balaban J connectivity index is 1.74. The Labute approximate surface area is 127 Å². The van der Waals surface area contributed by atoms with Gasteiger partial charge in [0.1, 0.15) is 5.75 Å². The van der Waals surface area contributed by atoms with Crippen LogP contribution in [-0.2, 0) is 11.3 Å². The number of benzene rings is 1. The Kier molecular flexibility index (Phi) is 6.05. The first-order valence-corrected chi connectivity index (χ1v) is 7.83. The minimum Gasteiger partial charge on any atom is -0.484 e. The summed E-state index contributed by atoms with van der Waals surface area (Å²) >= 11 is 0. The van der Waals surface area contributed by atoms with E-state index in [1.165, 1.54) is 12.8 Å². The molecular formula is C17H26N2O2. The summed E-state index contributed by atoms with van der Waals surface area (Å²) in [6.07, 6.45) is 4.59. The van der Waals surface area contributed by atoms with Gasteiger partial charge in [-0.05, 0) is 56.3 Å². The number of amides is 1. The van der Waals surface area contributed by atoms with Gasteiger partial charge in [-0.25, -0.2) is 0 Å². The number of nitrogens with one attached hydrogen (secondary N) is 2. The highest BCUT2D eigenvalue weighted by Gasteiger charge is 2.19. The van der Waals surface area contributed by atoms with Gasteiger partial charge in [-0.2, -0.15) is 0 Å². The Hall–Kier alpha value is -1.55. The van der Waals surface area contributed by atoms with Crippen LogP contribution in [0.1, 0.15) is 38.2 Å². The van der Waals surface area contributed by atoms with E-state index in [4.69, 9.17) is 4.74 Å². The molecule has 0 unspecified atom stereocenters. The van der Waals surface area contributed by atoms with E-state index in [1.54, 1.807) is 0 Å². The average molecular weight is 290 g/mol. The molecule has 1 aromatic rings. The molecule has 0 saturated heterocycles. The molecule has 1 saturated carbocycles. The molecule has 0 atom stereocenters. The lowest BCUT2D eigenvalue weighted by Gasteiger charge is -2.26. The molecule has 0 radical (unpaired) electrons. The fraction of sp³-hybridized carbons (Fsp3) is 0.588. The molecule has 1 fully saturated rings. The Morgan fingerprint density at radius 3 is 2.76 bits per heavy atom. The Morgan fingerprint density at radius 2 is 2.05 bits per heavy atom. The molecule has 1 aromatic carbocycles. The Morgan fingerprint density at radius 1 is 1.29 bits per heavy atom. The highest BCUT2D eigenvalue weighted by Crippen LogP contribution is 2.23. The zero-order chi connectivity index (χ0) is 15.1. The van der Waals surface area contributed by atoms with Crippen LogP contribution in [-0.4, -0.2) is 25.6 Å². The van der Waals surface area contributed by atoms with E-state index in [9.17, 15) is 4.79 Å². The second-order valence-electron chi connectivity index (χ2n) is 5.99. The number of carbonyl (C=O) groups excluding carboxylic acids is 1.